The molecule has 162 valence electrons. The summed E-state index contributed by atoms with van der Waals surface area (Å²) < 4.78 is 0.810. The van der Waals surface area contributed by atoms with E-state index in [9.17, 15) is 24.5 Å². The molecule has 1 aromatic heterocycles. The number of thiophene rings is 1. The minimum absolute atomic E-state index is 0.139. The zero-order chi connectivity index (χ0) is 22.8. The summed E-state index contributed by atoms with van der Waals surface area (Å²) in [5.41, 5.74) is 0.499. The number of carbonyl (C=O) groups is 3. The highest BCUT2D eigenvalue weighted by atomic mass is 79.9. The molecule has 1 atom stereocenters. The topological polar surface area (TPSA) is 101 Å². The number of imide groups is 1. The lowest BCUT2D eigenvalue weighted by atomic mass is 10.1. The van der Waals surface area contributed by atoms with Crippen molar-refractivity contribution in [3.8, 4) is 0 Å². The van der Waals surface area contributed by atoms with Crippen LogP contribution >= 0.6 is 27.3 Å². The van der Waals surface area contributed by atoms with Crippen molar-refractivity contribution in [1.82, 2.24) is 4.90 Å². The zero-order valence-electron chi connectivity index (χ0n) is 16.5. The summed E-state index contributed by atoms with van der Waals surface area (Å²) in [4.78, 5) is 53.1. The van der Waals surface area contributed by atoms with E-state index in [2.05, 4.69) is 15.9 Å². The van der Waals surface area contributed by atoms with Gasteiger partial charge in [0.1, 0.15) is 6.04 Å². The number of non-ortho nitro benzene ring substituents is 1. The number of hydrogen-bond acceptors (Lipinski definition) is 6. The highest BCUT2D eigenvalue weighted by Gasteiger charge is 2.44. The fourth-order valence-electron chi connectivity index (χ4n) is 3.51. The van der Waals surface area contributed by atoms with E-state index in [0.717, 1.165) is 14.2 Å². The van der Waals surface area contributed by atoms with Gasteiger partial charge in [-0.1, -0.05) is 22.0 Å². The predicted molar refractivity (Wildman–Crippen MR) is 122 cm³/mol. The third kappa shape index (κ3) is 4.32. The minimum Gasteiger partial charge on any atom is -0.321 e. The molecule has 0 bridgehead atoms. The molecule has 0 aliphatic carbocycles. The number of benzene rings is 2. The van der Waals surface area contributed by atoms with Crippen molar-refractivity contribution < 1.29 is 19.3 Å². The molecule has 1 unspecified atom stereocenters. The minimum atomic E-state index is -0.976. The molecule has 1 saturated heterocycles. The molecule has 0 radical (unpaired) electrons. The van der Waals surface area contributed by atoms with E-state index in [1.165, 1.54) is 40.5 Å². The molecule has 1 aliphatic rings. The molecule has 2 aromatic carbocycles. The van der Waals surface area contributed by atoms with E-state index in [1.54, 1.807) is 24.3 Å². The standard InChI is InChI=1S/C22H16BrN3O5S/c23-15-5-9-16(10-6-15)25-20(27)12-19(22(25)29)24(13-18-2-1-11-32-18)21(28)14-3-7-17(8-4-14)26(30)31/h1-11,19H,12-13H2. The highest BCUT2D eigenvalue weighted by molar-refractivity contribution is 9.10. The number of halogens is 1. The van der Waals surface area contributed by atoms with Gasteiger partial charge in [-0.2, -0.15) is 0 Å². The number of carbonyl (C=O) groups excluding carboxylic acids is 3. The second kappa shape index (κ2) is 9.01. The normalized spacial score (nSPS) is 15.8. The highest BCUT2D eigenvalue weighted by Crippen LogP contribution is 2.29. The lowest BCUT2D eigenvalue weighted by Gasteiger charge is -2.27. The average molecular weight is 514 g/mol. The summed E-state index contributed by atoms with van der Waals surface area (Å²) in [6, 6.07) is 14.7. The molecular formula is C22H16BrN3O5S. The molecule has 0 saturated carbocycles. The zero-order valence-corrected chi connectivity index (χ0v) is 18.9. The van der Waals surface area contributed by atoms with Crippen molar-refractivity contribution in [2.24, 2.45) is 0 Å². The molecule has 2 heterocycles. The van der Waals surface area contributed by atoms with Crippen LogP contribution in [0.1, 0.15) is 21.7 Å². The van der Waals surface area contributed by atoms with E-state index >= 15 is 0 Å². The number of amides is 3. The van der Waals surface area contributed by atoms with Crippen molar-refractivity contribution in [3.63, 3.8) is 0 Å². The number of nitrogens with zero attached hydrogens (tertiary/aromatic N) is 3. The Balaban J connectivity index is 1.66. The van der Waals surface area contributed by atoms with Crippen molar-refractivity contribution >= 4 is 56.4 Å². The molecule has 3 amide bonds. The van der Waals surface area contributed by atoms with E-state index in [1.807, 2.05) is 17.5 Å². The van der Waals surface area contributed by atoms with E-state index in [4.69, 9.17) is 0 Å². The lowest BCUT2D eigenvalue weighted by Crippen LogP contribution is -2.45. The Bertz CT molecular complexity index is 1180. The Labute approximate surface area is 195 Å². The Kier molecular flexibility index (Phi) is 6.15. The monoisotopic (exact) mass is 513 g/mol. The fraction of sp³-hybridized carbons (Fsp3) is 0.136. The van der Waals surface area contributed by atoms with Crippen LogP contribution in [0.4, 0.5) is 11.4 Å². The molecule has 10 heteroatoms. The van der Waals surface area contributed by atoms with Gasteiger partial charge in [0, 0.05) is 27.0 Å². The maximum atomic E-state index is 13.4. The van der Waals surface area contributed by atoms with Crippen molar-refractivity contribution in [1.29, 1.82) is 0 Å². The maximum Gasteiger partial charge on any atom is 0.269 e. The molecule has 4 rings (SSSR count). The molecule has 1 aliphatic heterocycles. The number of anilines is 1. The summed E-state index contributed by atoms with van der Waals surface area (Å²) in [6.07, 6.45) is -0.140. The number of nitro groups is 1. The molecular weight excluding hydrogens is 498 g/mol. The second-order valence-corrected chi connectivity index (χ2v) is 9.03. The largest absolute Gasteiger partial charge is 0.321 e. The van der Waals surface area contributed by atoms with E-state index in [-0.39, 0.29) is 24.2 Å². The second-order valence-electron chi connectivity index (χ2n) is 7.08. The van der Waals surface area contributed by atoms with Gasteiger partial charge in [0.2, 0.25) is 5.91 Å². The summed E-state index contributed by atoms with van der Waals surface area (Å²) in [5, 5.41) is 12.8. The summed E-state index contributed by atoms with van der Waals surface area (Å²) >= 11 is 4.76. The first kappa shape index (κ1) is 21.8. The van der Waals surface area contributed by atoms with Crippen molar-refractivity contribution in [2.45, 2.75) is 19.0 Å². The van der Waals surface area contributed by atoms with Crippen LogP contribution in [-0.2, 0) is 16.1 Å². The molecule has 1 fully saturated rings. The van der Waals surface area contributed by atoms with Crippen LogP contribution < -0.4 is 4.90 Å². The number of hydrogen-bond donors (Lipinski definition) is 0. The quantitative estimate of drug-likeness (QED) is 0.276. The Morgan fingerprint density at radius 3 is 2.41 bits per heavy atom. The average Bonchev–Trinajstić information content (AvgIpc) is 3.40. The van der Waals surface area contributed by atoms with Gasteiger partial charge in [-0.25, -0.2) is 4.90 Å². The molecule has 0 N–H and O–H groups in total. The summed E-state index contributed by atoms with van der Waals surface area (Å²) in [5.74, 6) is -1.35. The van der Waals surface area contributed by atoms with Gasteiger partial charge < -0.3 is 4.90 Å². The molecule has 8 nitrogen and oxygen atoms in total. The van der Waals surface area contributed by atoms with Crippen LogP contribution in [0.25, 0.3) is 0 Å². The van der Waals surface area contributed by atoms with Crippen LogP contribution in [-0.4, -0.2) is 33.6 Å². The summed E-state index contributed by atoms with van der Waals surface area (Å²) in [7, 11) is 0. The van der Waals surface area contributed by atoms with Crippen LogP contribution in [0.15, 0.2) is 70.5 Å². The Hall–Kier alpha value is -3.37. The lowest BCUT2D eigenvalue weighted by molar-refractivity contribution is -0.384. The molecule has 32 heavy (non-hydrogen) atoms. The van der Waals surface area contributed by atoms with Gasteiger partial charge in [-0.15, -0.1) is 11.3 Å². The molecule has 0 spiro atoms. The predicted octanol–water partition coefficient (Wildman–Crippen LogP) is 4.39. The summed E-state index contributed by atoms with van der Waals surface area (Å²) in [6.45, 7) is 0.144. The van der Waals surface area contributed by atoms with Crippen LogP contribution in [0.5, 0.6) is 0 Å². The van der Waals surface area contributed by atoms with Crippen LogP contribution in [0.2, 0.25) is 0 Å². The van der Waals surface area contributed by atoms with E-state index in [0.29, 0.717) is 5.69 Å². The smallest absolute Gasteiger partial charge is 0.269 e. The fourth-order valence-corrected chi connectivity index (χ4v) is 4.47. The third-order valence-corrected chi connectivity index (χ3v) is 6.47. The Morgan fingerprint density at radius 1 is 1.12 bits per heavy atom. The first-order valence-electron chi connectivity index (χ1n) is 9.55. The number of nitro benzene ring substituents is 1. The van der Waals surface area contributed by atoms with Gasteiger partial charge >= 0.3 is 0 Å². The van der Waals surface area contributed by atoms with E-state index < -0.39 is 28.7 Å². The Morgan fingerprint density at radius 2 is 1.81 bits per heavy atom. The van der Waals surface area contributed by atoms with Crippen molar-refractivity contribution in [3.05, 3.63) is 91.1 Å². The first-order valence-corrected chi connectivity index (χ1v) is 11.2. The van der Waals surface area contributed by atoms with Crippen LogP contribution in [0.3, 0.4) is 0 Å². The van der Waals surface area contributed by atoms with Gasteiger partial charge in [0.05, 0.1) is 23.6 Å². The third-order valence-electron chi connectivity index (χ3n) is 5.08. The number of rotatable bonds is 6. The van der Waals surface area contributed by atoms with Crippen molar-refractivity contribution in [2.75, 3.05) is 4.90 Å². The maximum absolute atomic E-state index is 13.4. The van der Waals surface area contributed by atoms with Gasteiger partial charge in [0.25, 0.3) is 17.5 Å². The van der Waals surface area contributed by atoms with Gasteiger partial charge in [-0.3, -0.25) is 24.5 Å². The first-order chi connectivity index (χ1) is 15.3. The SMILES string of the molecule is O=C1CC(N(Cc2cccs2)C(=O)c2ccc([N+](=O)[O-])cc2)C(=O)N1c1ccc(Br)cc1. The van der Waals surface area contributed by atoms with Crippen LogP contribution in [0, 0.1) is 10.1 Å². The molecule has 3 aromatic rings. The van der Waals surface area contributed by atoms with Gasteiger partial charge in [-0.05, 0) is 47.8 Å². The van der Waals surface area contributed by atoms with Gasteiger partial charge in [0.15, 0.2) is 0 Å².